The van der Waals surface area contributed by atoms with Crippen LogP contribution in [0.5, 0.6) is 0 Å². The Morgan fingerprint density at radius 3 is 2.75 bits per heavy atom. The summed E-state index contributed by atoms with van der Waals surface area (Å²) in [7, 11) is -5.15. The van der Waals surface area contributed by atoms with Gasteiger partial charge in [0, 0.05) is 11.8 Å². The van der Waals surface area contributed by atoms with Crippen LogP contribution in [-0.4, -0.2) is 59.3 Å². The maximum Gasteiger partial charge on any atom is 0.469 e. The van der Waals surface area contributed by atoms with E-state index in [0.717, 1.165) is 6.20 Å². The molecule has 0 unspecified atom stereocenters. The number of hydrogen-bond acceptors (Lipinski definition) is 8. The van der Waals surface area contributed by atoms with Crippen LogP contribution in [0.15, 0.2) is 11.0 Å². The van der Waals surface area contributed by atoms with Gasteiger partial charge in [0.15, 0.2) is 6.20 Å². The standard InChI is InChI=1S/C10H14FN2O9PS/c11-10(3-21-23(18,19)20)6(16)5(15)8(22-10)13-1-4(2-14)7(24)12-9(13)17/h1,5-6,8,14-16H,2-3H2,(H,12,17,24)(H2,18,19,20)/t5-,6+,8-,10-/m1/s1/i8D. The zero-order chi connectivity index (χ0) is 19.2. The molecule has 1 fully saturated rings. The average Bonchev–Trinajstić information content (AvgIpc) is 2.67. The Hall–Kier alpha value is -1.02. The highest BCUT2D eigenvalue weighted by Crippen LogP contribution is 2.43. The smallest absolute Gasteiger partial charge is 0.392 e. The molecule has 0 aromatic carbocycles. The summed E-state index contributed by atoms with van der Waals surface area (Å²) < 4.78 is 42.1. The van der Waals surface area contributed by atoms with Gasteiger partial charge >= 0.3 is 13.5 Å². The normalized spacial score (nSPS) is 34.3. The second kappa shape index (κ2) is 6.71. The molecule has 2 heterocycles. The molecule has 4 atom stereocenters. The number of phosphoric ester groups is 1. The van der Waals surface area contributed by atoms with Crippen LogP contribution < -0.4 is 5.69 Å². The zero-order valence-corrected chi connectivity index (χ0v) is 13.4. The van der Waals surface area contributed by atoms with Gasteiger partial charge in [0.25, 0.3) is 5.85 Å². The molecule has 11 nitrogen and oxygen atoms in total. The molecule has 0 saturated carbocycles. The van der Waals surface area contributed by atoms with Gasteiger partial charge in [-0.1, -0.05) is 12.2 Å². The van der Waals surface area contributed by atoms with Crippen LogP contribution in [0.3, 0.4) is 0 Å². The monoisotopic (exact) mass is 389 g/mol. The maximum atomic E-state index is 14.6. The van der Waals surface area contributed by atoms with E-state index in [-0.39, 0.29) is 10.2 Å². The lowest BCUT2D eigenvalue weighted by Gasteiger charge is -2.22. The van der Waals surface area contributed by atoms with E-state index in [2.05, 4.69) is 14.2 Å². The summed E-state index contributed by atoms with van der Waals surface area (Å²) in [6.07, 6.45) is -6.96. The summed E-state index contributed by atoms with van der Waals surface area (Å²) >= 11 is 4.77. The fourth-order valence-corrected chi connectivity index (χ4v) is 2.48. The van der Waals surface area contributed by atoms with Gasteiger partial charge in [0.2, 0.25) is 0 Å². The predicted molar refractivity (Wildman–Crippen MR) is 75.8 cm³/mol. The van der Waals surface area contributed by atoms with Gasteiger partial charge in [0.1, 0.15) is 23.5 Å². The highest BCUT2D eigenvalue weighted by molar-refractivity contribution is 7.71. The quantitative estimate of drug-likeness (QED) is 0.255. The molecule has 1 saturated heterocycles. The highest BCUT2D eigenvalue weighted by atomic mass is 32.1. The molecule has 14 heteroatoms. The Kier molecular flexibility index (Phi) is 4.97. The van der Waals surface area contributed by atoms with Crippen molar-refractivity contribution < 1.29 is 44.7 Å². The first-order chi connectivity index (χ1) is 11.3. The molecule has 6 N–H and O–H groups in total. The molecule has 1 aromatic heterocycles. The summed E-state index contributed by atoms with van der Waals surface area (Å²) in [5.41, 5.74) is -1.18. The molecule has 0 bridgehead atoms. The lowest BCUT2D eigenvalue weighted by Crippen LogP contribution is -2.42. The minimum Gasteiger partial charge on any atom is -0.392 e. The van der Waals surface area contributed by atoms with Crippen molar-refractivity contribution in [2.45, 2.75) is 30.9 Å². The number of rotatable bonds is 5. The number of phosphoric acid groups is 1. The van der Waals surface area contributed by atoms with Gasteiger partial charge in [-0.3, -0.25) is 14.1 Å². The highest BCUT2D eigenvalue weighted by Gasteiger charge is 2.57. The second-order valence-electron chi connectivity index (χ2n) is 4.82. The van der Waals surface area contributed by atoms with Crippen LogP contribution in [0.4, 0.5) is 4.39 Å². The molecular weight excluding hydrogens is 374 g/mol. The third kappa shape index (κ3) is 3.79. The van der Waals surface area contributed by atoms with Gasteiger partial charge in [-0.15, -0.1) is 0 Å². The number of aliphatic hydroxyl groups excluding tert-OH is 3. The lowest BCUT2D eigenvalue weighted by atomic mass is 10.1. The molecule has 1 aliphatic heterocycles. The van der Waals surface area contributed by atoms with Crippen molar-refractivity contribution in [2.75, 3.05) is 6.61 Å². The number of aromatic nitrogens is 2. The van der Waals surface area contributed by atoms with Gasteiger partial charge in [0.05, 0.1) is 7.98 Å². The van der Waals surface area contributed by atoms with E-state index >= 15 is 0 Å². The maximum absolute atomic E-state index is 14.6. The number of aromatic amines is 1. The summed E-state index contributed by atoms with van der Waals surface area (Å²) in [5.74, 6) is -3.41. The third-order valence-corrected chi connectivity index (χ3v) is 3.95. The van der Waals surface area contributed by atoms with Crippen LogP contribution in [0, 0.1) is 4.64 Å². The van der Waals surface area contributed by atoms with Gasteiger partial charge in [-0.2, -0.15) is 0 Å². The molecule has 1 aliphatic rings. The van der Waals surface area contributed by atoms with Crippen LogP contribution >= 0.6 is 20.0 Å². The van der Waals surface area contributed by atoms with Gasteiger partial charge in [-0.25, -0.2) is 13.8 Å². The fraction of sp³-hybridized carbons (Fsp3) is 0.600. The van der Waals surface area contributed by atoms with Crippen molar-refractivity contribution in [3.63, 3.8) is 0 Å². The Bertz CT molecular complexity index is 829. The van der Waals surface area contributed by atoms with Crippen molar-refractivity contribution in [1.82, 2.24) is 9.55 Å². The molecule has 1 aromatic rings. The first kappa shape index (κ1) is 17.8. The first-order valence-electron chi connectivity index (χ1n) is 6.75. The summed E-state index contributed by atoms with van der Waals surface area (Å²) in [6, 6.07) is 0. The van der Waals surface area contributed by atoms with Crippen LogP contribution in [-0.2, 0) is 20.4 Å². The van der Waals surface area contributed by atoms with Crippen molar-refractivity contribution in [1.29, 1.82) is 0 Å². The molecule has 136 valence electrons. The Balaban J connectivity index is 2.47. The van der Waals surface area contributed by atoms with Crippen molar-refractivity contribution in [3.05, 3.63) is 26.9 Å². The van der Waals surface area contributed by atoms with E-state index in [1.165, 1.54) is 0 Å². The number of hydrogen-bond donors (Lipinski definition) is 6. The van der Waals surface area contributed by atoms with E-state index in [0.29, 0.717) is 4.57 Å². The van der Waals surface area contributed by atoms with Gasteiger partial charge < -0.3 is 29.8 Å². The van der Waals surface area contributed by atoms with Crippen molar-refractivity contribution in [2.24, 2.45) is 0 Å². The molecule has 0 spiro atoms. The van der Waals surface area contributed by atoms with E-state index in [4.69, 9.17) is 28.5 Å². The number of H-pyrrole nitrogens is 1. The summed E-state index contributed by atoms with van der Waals surface area (Å²) in [5, 5.41) is 28.9. The fourth-order valence-electron chi connectivity index (χ4n) is 1.93. The van der Waals surface area contributed by atoms with E-state index in [1.54, 1.807) is 0 Å². The van der Waals surface area contributed by atoms with Crippen molar-refractivity contribution in [3.8, 4) is 0 Å². The molecule has 0 amide bonds. The zero-order valence-electron chi connectivity index (χ0n) is 12.7. The Labute approximate surface area is 139 Å². The van der Waals surface area contributed by atoms with E-state index in [9.17, 15) is 24.0 Å². The molecule has 0 aliphatic carbocycles. The predicted octanol–water partition coefficient (Wildman–Crippen LogP) is -1.58. The second-order valence-corrected chi connectivity index (χ2v) is 6.47. The van der Waals surface area contributed by atoms with Crippen LogP contribution in [0.2, 0.25) is 0 Å². The van der Waals surface area contributed by atoms with E-state index < -0.39 is 51.0 Å². The first-order valence-corrected chi connectivity index (χ1v) is 8.19. The number of halogens is 1. The summed E-state index contributed by atoms with van der Waals surface area (Å²) in [6.45, 7) is -2.19. The molecule has 2 rings (SSSR count). The summed E-state index contributed by atoms with van der Waals surface area (Å²) in [4.78, 5) is 31.3. The van der Waals surface area contributed by atoms with Crippen LogP contribution in [0.25, 0.3) is 0 Å². The molecule has 0 radical (unpaired) electrons. The number of aliphatic hydroxyl groups is 3. The Morgan fingerprint density at radius 2 is 2.21 bits per heavy atom. The lowest BCUT2D eigenvalue weighted by molar-refractivity contribution is -0.205. The Morgan fingerprint density at radius 1 is 1.58 bits per heavy atom. The number of nitrogens with one attached hydrogen (secondary N) is 1. The minimum absolute atomic E-state index is 0.0608. The van der Waals surface area contributed by atoms with Crippen molar-refractivity contribution >= 4 is 20.0 Å². The third-order valence-electron chi connectivity index (χ3n) is 3.12. The van der Waals surface area contributed by atoms with Crippen LogP contribution in [0.1, 0.15) is 13.1 Å². The minimum atomic E-state index is -5.15. The molecule has 24 heavy (non-hydrogen) atoms. The number of nitrogens with zero attached hydrogens (tertiary/aromatic N) is 1. The molecular formula is C10H14FN2O9PS. The average molecular weight is 389 g/mol. The largest absolute Gasteiger partial charge is 0.469 e. The SMILES string of the molecule is [2H][C@@]1(n2cc(CO)c(=S)[nH]c2=O)O[C@](F)(COP(=O)(O)O)[C@@H](O)[C@H]1O. The number of ether oxygens (including phenoxy) is 1. The van der Waals surface area contributed by atoms with Gasteiger partial charge in [-0.05, 0) is 0 Å². The topological polar surface area (TPSA) is 174 Å². The van der Waals surface area contributed by atoms with E-state index in [1.807, 2.05) is 0 Å². The number of alkyl halides is 1.